The fraction of sp³-hybridized carbons (Fsp3) is 0. The average molecular weight is 158 g/mol. The molecule has 0 aliphatic carbocycles. The van der Waals surface area contributed by atoms with Crippen LogP contribution in [-0.4, -0.2) is 38.3 Å². The number of carbonyl (C=O) groups is 1. The molecule has 0 aliphatic heterocycles. The van der Waals surface area contributed by atoms with Crippen molar-refractivity contribution in [2.24, 2.45) is 0 Å². The van der Waals surface area contributed by atoms with Crippen LogP contribution in [0.2, 0.25) is 0 Å². The van der Waals surface area contributed by atoms with Crippen LogP contribution in [0.15, 0.2) is 0 Å². The maximum absolute atomic E-state index is 8.56. The van der Waals surface area contributed by atoms with Crippen molar-refractivity contribution >= 4 is 6.16 Å². The Morgan fingerprint density at radius 3 is 1.00 bits per heavy atom. The van der Waals surface area contributed by atoms with E-state index in [1.54, 1.807) is 0 Å². The largest absolute Gasteiger partial charge is 1.00 e. The minimum atomic E-state index is -1.83. The number of carboxylic acid groups (broad SMARTS) is 2. The number of hydrogen-bond acceptors (Lipinski definition) is 1. The van der Waals surface area contributed by atoms with Gasteiger partial charge in [-0.25, -0.2) is 4.79 Å². The van der Waals surface area contributed by atoms with E-state index in [1.807, 2.05) is 0 Å². The van der Waals surface area contributed by atoms with Crippen LogP contribution in [0.25, 0.3) is 0 Å². The summed E-state index contributed by atoms with van der Waals surface area (Å²) in [7, 11) is 0. The first-order valence-electron chi connectivity index (χ1n) is 0.651. The van der Waals surface area contributed by atoms with Crippen molar-refractivity contribution in [2.75, 3.05) is 0 Å². The van der Waals surface area contributed by atoms with E-state index in [0.29, 0.717) is 0 Å². The molecule has 0 aromatic rings. The van der Waals surface area contributed by atoms with Crippen LogP contribution in [0.1, 0.15) is 1.43 Å². The summed E-state index contributed by atoms with van der Waals surface area (Å²) in [5, 5.41) is 13.9. The van der Waals surface area contributed by atoms with Gasteiger partial charge in [0.15, 0.2) is 0 Å². The minimum Gasteiger partial charge on any atom is -1.00 e. The second-order valence-electron chi connectivity index (χ2n) is 0.283. The van der Waals surface area contributed by atoms with E-state index < -0.39 is 6.16 Å². The van der Waals surface area contributed by atoms with Crippen molar-refractivity contribution in [2.45, 2.75) is 0 Å². The van der Waals surface area contributed by atoms with Gasteiger partial charge in [-0.15, -0.1) is 0 Å². The van der Waals surface area contributed by atoms with Gasteiger partial charge in [-0.1, -0.05) is 0 Å². The van der Waals surface area contributed by atoms with Gasteiger partial charge in [0.1, 0.15) is 0 Å². The third kappa shape index (κ3) is 25000. The van der Waals surface area contributed by atoms with Gasteiger partial charge in [-0.2, -0.15) is 0 Å². The molecule has 0 amide bonds. The van der Waals surface area contributed by atoms with E-state index in [2.05, 4.69) is 0 Å². The van der Waals surface area contributed by atoms with Gasteiger partial charge in [0.05, 0.1) is 0 Å². The molecule has 7 nitrogen and oxygen atoms in total. The van der Waals surface area contributed by atoms with Crippen LogP contribution < -0.4 is 29.6 Å². The molecule has 0 unspecified atom stereocenters. The predicted molar refractivity (Wildman–Crippen MR) is 26.2 cm³/mol. The van der Waals surface area contributed by atoms with E-state index in [1.165, 1.54) is 0 Å². The summed E-state index contributed by atoms with van der Waals surface area (Å²) < 4.78 is 0. The molecule has 0 fully saturated rings. The van der Waals surface area contributed by atoms with Gasteiger partial charge in [0.25, 0.3) is 0 Å². The van der Waals surface area contributed by atoms with E-state index in [-0.39, 0.29) is 52.9 Å². The molecular formula is CH11NaO7. The zero-order valence-electron chi connectivity index (χ0n) is 5.80. The normalized spacial score (nSPS) is 2.67. The summed E-state index contributed by atoms with van der Waals surface area (Å²) >= 11 is 0. The van der Waals surface area contributed by atoms with Crippen LogP contribution in [0, 0.1) is 0 Å². The standard InChI is InChI=1S/CH2O3.Na.4H2O.H/c2-1(3)4;;;;;;/h(H2,2,3,4);;4*1H2;/q;+1;;;;;-1. The zero-order valence-corrected chi connectivity index (χ0v) is 6.80. The molecule has 0 spiro atoms. The molecule has 0 radical (unpaired) electrons. The zero-order chi connectivity index (χ0) is 3.58. The topological polar surface area (TPSA) is 184 Å². The Labute approximate surface area is 74.3 Å². The molecule has 0 rings (SSSR count). The maximum Gasteiger partial charge on any atom is 1.00 e. The fourth-order valence-corrected chi connectivity index (χ4v) is 0. The Balaban J connectivity index is -0.00000000300. The first-order valence-corrected chi connectivity index (χ1v) is 0.651. The summed E-state index contributed by atoms with van der Waals surface area (Å²) in [6.45, 7) is 0. The molecule has 0 aliphatic rings. The molecule has 0 heterocycles. The van der Waals surface area contributed by atoms with E-state index >= 15 is 0 Å². The van der Waals surface area contributed by atoms with Crippen molar-refractivity contribution in [3.05, 3.63) is 0 Å². The van der Waals surface area contributed by atoms with Crippen molar-refractivity contribution in [1.29, 1.82) is 0 Å². The van der Waals surface area contributed by atoms with Crippen LogP contribution in [0.4, 0.5) is 4.79 Å². The maximum atomic E-state index is 8.56. The molecule has 8 heteroatoms. The van der Waals surface area contributed by atoms with Crippen molar-refractivity contribution in [1.82, 2.24) is 0 Å². The van der Waals surface area contributed by atoms with E-state index in [9.17, 15) is 0 Å². The van der Waals surface area contributed by atoms with Crippen LogP contribution in [0.5, 0.6) is 0 Å². The van der Waals surface area contributed by atoms with Crippen LogP contribution in [0.3, 0.4) is 0 Å². The fourth-order valence-electron chi connectivity index (χ4n) is 0. The van der Waals surface area contributed by atoms with Crippen molar-refractivity contribution in [3.63, 3.8) is 0 Å². The molecule has 10 N–H and O–H groups in total. The molecule has 0 saturated heterocycles. The van der Waals surface area contributed by atoms with Crippen LogP contribution >= 0.6 is 0 Å². The predicted octanol–water partition coefficient (Wildman–Crippen LogP) is -5.96. The van der Waals surface area contributed by atoms with Gasteiger partial charge in [-0.05, 0) is 0 Å². The third-order valence-electron chi connectivity index (χ3n) is 0. The van der Waals surface area contributed by atoms with Crippen LogP contribution in [-0.2, 0) is 0 Å². The molecule has 9 heavy (non-hydrogen) atoms. The summed E-state index contributed by atoms with van der Waals surface area (Å²) in [4.78, 5) is 8.56. The summed E-state index contributed by atoms with van der Waals surface area (Å²) in [6.07, 6.45) is -1.83. The van der Waals surface area contributed by atoms with Gasteiger partial charge in [-0.3, -0.25) is 0 Å². The van der Waals surface area contributed by atoms with Crippen molar-refractivity contribution in [3.8, 4) is 0 Å². The molecule has 0 atom stereocenters. The van der Waals surface area contributed by atoms with Gasteiger partial charge < -0.3 is 33.5 Å². The molecule has 58 valence electrons. The molecule has 0 aromatic heterocycles. The quantitative estimate of drug-likeness (QED) is 0.333. The second kappa shape index (κ2) is 42.4. The summed E-state index contributed by atoms with van der Waals surface area (Å²) in [5.74, 6) is 0. The Hall–Kier alpha value is 0.110. The monoisotopic (exact) mass is 158 g/mol. The minimum absolute atomic E-state index is 0. The Bertz CT molecular complexity index is 36.6. The summed E-state index contributed by atoms with van der Waals surface area (Å²) in [5.41, 5.74) is 0. The Morgan fingerprint density at radius 2 is 1.00 bits per heavy atom. The Morgan fingerprint density at radius 1 is 1.00 bits per heavy atom. The molecule has 0 saturated carbocycles. The van der Waals surface area contributed by atoms with Crippen molar-refractivity contribution < 1.29 is 67.9 Å². The smallest absolute Gasteiger partial charge is 1.00 e. The van der Waals surface area contributed by atoms with E-state index in [4.69, 9.17) is 15.0 Å². The molecule has 0 bridgehead atoms. The third-order valence-corrected chi connectivity index (χ3v) is 0. The number of rotatable bonds is 0. The average Bonchev–Trinajstić information content (AvgIpc) is 0.811. The summed E-state index contributed by atoms with van der Waals surface area (Å²) in [6, 6.07) is 0. The second-order valence-corrected chi connectivity index (χ2v) is 0.283. The first kappa shape index (κ1) is 61.9. The SMILES string of the molecule is O.O.O.O.O=C(O)O.[H-].[Na+]. The van der Waals surface area contributed by atoms with Gasteiger partial charge >= 0.3 is 35.7 Å². The molecule has 0 aromatic carbocycles. The molecular weight excluding hydrogens is 147 g/mol. The first-order chi connectivity index (χ1) is 1.73. The number of hydrogen-bond donors (Lipinski definition) is 2. The van der Waals surface area contributed by atoms with Gasteiger partial charge in [0.2, 0.25) is 0 Å². The Kier molecular flexibility index (Phi) is 292. The van der Waals surface area contributed by atoms with E-state index in [0.717, 1.165) is 0 Å². The van der Waals surface area contributed by atoms with Gasteiger partial charge in [0, 0.05) is 0 Å².